The largest absolute Gasteiger partial charge is 0.368 e. The normalized spacial score (nSPS) is 25.7. The topological polar surface area (TPSA) is 67.6 Å². The molecule has 1 fully saturated rings. The Balaban J connectivity index is 2.60. The summed E-state index contributed by atoms with van der Waals surface area (Å²) in [7, 11) is 0. The van der Waals surface area contributed by atoms with Crippen LogP contribution in [0.5, 0.6) is 0 Å². The number of hydrogen-bond acceptors (Lipinski definition) is 4. The zero-order valence-electron chi connectivity index (χ0n) is 12.0. The molecule has 0 spiro atoms. The quantitative estimate of drug-likeness (QED) is 0.745. The summed E-state index contributed by atoms with van der Waals surface area (Å²) < 4.78 is 5.87. The number of hydrogen-bond donors (Lipinski definition) is 2. The predicted molar refractivity (Wildman–Crippen MR) is 72.3 cm³/mol. The van der Waals surface area contributed by atoms with E-state index in [2.05, 4.69) is 10.2 Å². The smallest absolute Gasteiger partial charge is 0.237 e. The molecule has 2 atom stereocenters. The zero-order chi connectivity index (χ0) is 13.8. The van der Waals surface area contributed by atoms with Crippen LogP contribution in [-0.4, -0.2) is 54.7 Å². The van der Waals surface area contributed by atoms with E-state index in [1.807, 2.05) is 27.7 Å². The van der Waals surface area contributed by atoms with E-state index in [1.54, 1.807) is 0 Å². The average Bonchev–Trinajstić information content (AvgIpc) is 2.32. The first-order chi connectivity index (χ1) is 8.39. The van der Waals surface area contributed by atoms with Gasteiger partial charge < -0.3 is 15.8 Å². The highest BCUT2D eigenvalue weighted by atomic mass is 16.5. The van der Waals surface area contributed by atoms with Crippen molar-refractivity contribution in [3.8, 4) is 0 Å². The summed E-state index contributed by atoms with van der Waals surface area (Å²) in [5.74, 6) is 0.0883. The molecule has 0 aromatic carbocycles. The Morgan fingerprint density at radius 3 is 2.83 bits per heavy atom. The molecule has 2 unspecified atom stereocenters. The average molecular weight is 257 g/mol. The van der Waals surface area contributed by atoms with Gasteiger partial charge in [0, 0.05) is 26.2 Å². The number of carbonyl (C=O) groups is 1. The van der Waals surface area contributed by atoms with Gasteiger partial charge in [-0.15, -0.1) is 0 Å². The maximum Gasteiger partial charge on any atom is 0.237 e. The van der Waals surface area contributed by atoms with E-state index in [1.165, 1.54) is 0 Å². The van der Waals surface area contributed by atoms with Crippen LogP contribution in [0, 0.1) is 0 Å². The van der Waals surface area contributed by atoms with Crippen LogP contribution in [0.2, 0.25) is 0 Å². The van der Waals surface area contributed by atoms with Crippen molar-refractivity contribution in [3.63, 3.8) is 0 Å². The van der Waals surface area contributed by atoms with Gasteiger partial charge in [0.1, 0.15) is 0 Å². The molecule has 0 saturated carbocycles. The van der Waals surface area contributed by atoms with E-state index in [-0.39, 0.29) is 23.7 Å². The van der Waals surface area contributed by atoms with E-state index >= 15 is 0 Å². The van der Waals surface area contributed by atoms with Crippen molar-refractivity contribution < 1.29 is 9.53 Å². The maximum atomic E-state index is 12.0. The van der Waals surface area contributed by atoms with Crippen LogP contribution in [-0.2, 0) is 9.53 Å². The number of nitrogens with zero attached hydrogens (tertiary/aromatic N) is 1. The fourth-order valence-corrected chi connectivity index (χ4v) is 2.32. The Bertz CT molecular complexity index is 281. The zero-order valence-corrected chi connectivity index (χ0v) is 12.0. The summed E-state index contributed by atoms with van der Waals surface area (Å²) in [4.78, 5) is 14.1. The van der Waals surface area contributed by atoms with Crippen molar-refractivity contribution in [1.82, 2.24) is 10.2 Å². The first-order valence-corrected chi connectivity index (χ1v) is 6.79. The standard InChI is InChI=1S/C13H27N3O2/c1-5-6-15-12(17)10(2)16-8-11(7-14)18-13(3,4)9-16/h10-11H,5-9,14H2,1-4H3,(H,15,17). The number of nitrogens with two attached hydrogens (primary N) is 1. The fourth-order valence-electron chi connectivity index (χ4n) is 2.32. The minimum Gasteiger partial charge on any atom is -0.368 e. The van der Waals surface area contributed by atoms with Gasteiger partial charge in [0.15, 0.2) is 0 Å². The summed E-state index contributed by atoms with van der Waals surface area (Å²) in [6, 6.07) is -0.131. The van der Waals surface area contributed by atoms with Gasteiger partial charge in [0.2, 0.25) is 5.91 Å². The van der Waals surface area contributed by atoms with Gasteiger partial charge >= 0.3 is 0 Å². The lowest BCUT2D eigenvalue weighted by atomic mass is 10.0. The van der Waals surface area contributed by atoms with Crippen LogP contribution in [0.25, 0.3) is 0 Å². The molecule has 1 aliphatic heterocycles. The molecule has 1 rings (SSSR count). The molecule has 0 radical (unpaired) electrons. The highest BCUT2D eigenvalue weighted by Crippen LogP contribution is 2.22. The van der Waals surface area contributed by atoms with Gasteiger partial charge in [-0.05, 0) is 27.2 Å². The van der Waals surface area contributed by atoms with Crippen molar-refractivity contribution in [2.75, 3.05) is 26.2 Å². The van der Waals surface area contributed by atoms with Crippen LogP contribution in [0.15, 0.2) is 0 Å². The summed E-state index contributed by atoms with van der Waals surface area (Å²) in [5, 5.41) is 2.94. The lowest BCUT2D eigenvalue weighted by molar-refractivity contribution is -0.149. The van der Waals surface area contributed by atoms with Crippen molar-refractivity contribution in [2.45, 2.75) is 51.9 Å². The van der Waals surface area contributed by atoms with Crippen LogP contribution in [0.3, 0.4) is 0 Å². The molecule has 0 aliphatic carbocycles. The van der Waals surface area contributed by atoms with Crippen molar-refractivity contribution in [1.29, 1.82) is 0 Å². The molecule has 0 bridgehead atoms. The molecule has 1 amide bonds. The second-order valence-corrected chi connectivity index (χ2v) is 5.63. The number of ether oxygens (including phenoxy) is 1. The van der Waals surface area contributed by atoms with Crippen molar-refractivity contribution >= 4 is 5.91 Å². The van der Waals surface area contributed by atoms with Crippen molar-refractivity contribution in [2.24, 2.45) is 5.73 Å². The SMILES string of the molecule is CCCNC(=O)C(C)N1CC(CN)OC(C)(C)C1. The molecular formula is C13H27N3O2. The number of morpholine rings is 1. The first kappa shape index (κ1) is 15.4. The van der Waals surface area contributed by atoms with E-state index in [9.17, 15) is 4.79 Å². The first-order valence-electron chi connectivity index (χ1n) is 6.79. The third kappa shape index (κ3) is 4.23. The molecule has 18 heavy (non-hydrogen) atoms. The Labute approximate surface area is 110 Å². The summed E-state index contributed by atoms with van der Waals surface area (Å²) in [5.41, 5.74) is 5.44. The van der Waals surface area contributed by atoms with Gasteiger partial charge in [0.25, 0.3) is 0 Å². The second-order valence-electron chi connectivity index (χ2n) is 5.63. The predicted octanol–water partition coefficient (Wildman–Crippen LogP) is 0.339. The number of carbonyl (C=O) groups excluding carboxylic acids is 1. The molecule has 1 saturated heterocycles. The molecule has 1 aliphatic rings. The molecule has 1 heterocycles. The lowest BCUT2D eigenvalue weighted by Crippen LogP contribution is -2.59. The number of nitrogens with one attached hydrogen (secondary N) is 1. The van der Waals surface area contributed by atoms with E-state index in [4.69, 9.17) is 10.5 Å². The Morgan fingerprint density at radius 2 is 2.28 bits per heavy atom. The molecule has 0 aromatic heterocycles. The monoisotopic (exact) mass is 257 g/mol. The third-order valence-corrected chi connectivity index (χ3v) is 3.25. The van der Waals surface area contributed by atoms with E-state index in [0.717, 1.165) is 26.1 Å². The minimum absolute atomic E-state index is 0.00942. The van der Waals surface area contributed by atoms with Crippen LogP contribution >= 0.6 is 0 Å². The van der Waals surface area contributed by atoms with Gasteiger partial charge in [-0.1, -0.05) is 6.92 Å². The van der Waals surface area contributed by atoms with Gasteiger partial charge in [-0.25, -0.2) is 0 Å². The van der Waals surface area contributed by atoms with Crippen LogP contribution in [0.4, 0.5) is 0 Å². The number of amides is 1. The van der Waals surface area contributed by atoms with Crippen LogP contribution in [0.1, 0.15) is 34.1 Å². The minimum atomic E-state index is -0.248. The second kappa shape index (κ2) is 6.50. The van der Waals surface area contributed by atoms with Crippen LogP contribution < -0.4 is 11.1 Å². The highest BCUT2D eigenvalue weighted by Gasteiger charge is 2.36. The third-order valence-electron chi connectivity index (χ3n) is 3.25. The maximum absolute atomic E-state index is 12.0. The molecule has 3 N–H and O–H groups in total. The van der Waals surface area contributed by atoms with Gasteiger partial charge in [-0.3, -0.25) is 9.69 Å². The Kier molecular flexibility index (Phi) is 5.56. The molecule has 5 heteroatoms. The van der Waals surface area contributed by atoms with E-state index < -0.39 is 0 Å². The highest BCUT2D eigenvalue weighted by molar-refractivity contribution is 5.81. The van der Waals surface area contributed by atoms with E-state index in [0.29, 0.717) is 6.54 Å². The summed E-state index contributed by atoms with van der Waals surface area (Å²) in [6.45, 7) is 10.8. The Hall–Kier alpha value is -0.650. The molecular weight excluding hydrogens is 230 g/mol. The van der Waals surface area contributed by atoms with Gasteiger partial charge in [-0.2, -0.15) is 0 Å². The fraction of sp³-hybridized carbons (Fsp3) is 0.923. The summed E-state index contributed by atoms with van der Waals surface area (Å²) in [6.07, 6.45) is 0.966. The number of rotatable bonds is 5. The van der Waals surface area contributed by atoms with Gasteiger partial charge in [0.05, 0.1) is 17.7 Å². The summed E-state index contributed by atoms with van der Waals surface area (Å²) >= 11 is 0. The Morgan fingerprint density at radius 1 is 1.61 bits per heavy atom. The molecule has 0 aromatic rings. The molecule has 106 valence electrons. The lowest BCUT2D eigenvalue weighted by Gasteiger charge is -2.44. The van der Waals surface area contributed by atoms with Crippen molar-refractivity contribution in [3.05, 3.63) is 0 Å². The molecule has 5 nitrogen and oxygen atoms in total.